The maximum Gasteiger partial charge on any atom is 0.225 e. The topological polar surface area (TPSA) is 75.4 Å². The zero-order valence-electron chi connectivity index (χ0n) is 13.1. The van der Waals surface area contributed by atoms with Gasteiger partial charge in [0.15, 0.2) is 0 Å². The quantitative estimate of drug-likeness (QED) is 0.816. The van der Waals surface area contributed by atoms with Gasteiger partial charge in [0.05, 0.1) is 0 Å². The Morgan fingerprint density at radius 2 is 1.86 bits per heavy atom. The molecule has 0 radical (unpaired) electrons. The van der Waals surface area contributed by atoms with Crippen LogP contribution in [0.2, 0.25) is 0 Å². The van der Waals surface area contributed by atoms with E-state index in [-0.39, 0.29) is 17.7 Å². The zero-order valence-corrected chi connectivity index (χ0v) is 13.1. The Morgan fingerprint density at radius 3 is 2.48 bits per heavy atom. The van der Waals surface area contributed by atoms with Crippen LogP contribution in [0, 0.1) is 17.8 Å². The SMILES string of the molecule is CNC(=O)C1CCN(C(=O)C2CCCC(CCN)C2)CC1. The Hall–Kier alpha value is -1.10. The van der Waals surface area contributed by atoms with E-state index in [2.05, 4.69) is 5.32 Å². The lowest BCUT2D eigenvalue weighted by molar-refractivity contribution is -0.140. The van der Waals surface area contributed by atoms with Crippen molar-refractivity contribution in [2.45, 2.75) is 44.9 Å². The Balaban J connectivity index is 1.82. The summed E-state index contributed by atoms with van der Waals surface area (Å²) < 4.78 is 0. The van der Waals surface area contributed by atoms with Gasteiger partial charge < -0.3 is 16.0 Å². The maximum atomic E-state index is 12.6. The van der Waals surface area contributed by atoms with Crippen LogP contribution >= 0.6 is 0 Å². The molecule has 0 aromatic rings. The van der Waals surface area contributed by atoms with E-state index >= 15 is 0 Å². The van der Waals surface area contributed by atoms with Crippen molar-refractivity contribution in [2.75, 3.05) is 26.7 Å². The molecule has 1 saturated carbocycles. The number of carbonyl (C=O) groups is 2. The molecule has 1 aliphatic heterocycles. The number of piperidine rings is 1. The number of nitrogens with two attached hydrogens (primary N) is 1. The number of hydrogen-bond donors (Lipinski definition) is 2. The molecule has 1 saturated heterocycles. The second kappa shape index (κ2) is 7.78. The molecule has 0 bridgehead atoms. The van der Waals surface area contributed by atoms with Gasteiger partial charge in [0, 0.05) is 32.0 Å². The zero-order chi connectivity index (χ0) is 15.2. The van der Waals surface area contributed by atoms with Gasteiger partial charge in [0.2, 0.25) is 11.8 Å². The van der Waals surface area contributed by atoms with E-state index in [4.69, 9.17) is 5.73 Å². The lowest BCUT2D eigenvalue weighted by Crippen LogP contribution is -2.45. The number of hydrogen-bond acceptors (Lipinski definition) is 3. The van der Waals surface area contributed by atoms with Crippen molar-refractivity contribution in [3.8, 4) is 0 Å². The molecule has 5 nitrogen and oxygen atoms in total. The molecule has 21 heavy (non-hydrogen) atoms. The van der Waals surface area contributed by atoms with Crippen molar-refractivity contribution in [2.24, 2.45) is 23.5 Å². The minimum absolute atomic E-state index is 0.0791. The Labute approximate surface area is 127 Å². The molecule has 0 aromatic heterocycles. The van der Waals surface area contributed by atoms with E-state index < -0.39 is 0 Å². The average molecular weight is 295 g/mol. The number of nitrogens with one attached hydrogen (secondary N) is 1. The van der Waals surface area contributed by atoms with E-state index in [9.17, 15) is 9.59 Å². The van der Waals surface area contributed by atoms with Gasteiger partial charge in [0.25, 0.3) is 0 Å². The summed E-state index contributed by atoms with van der Waals surface area (Å²) in [7, 11) is 1.68. The van der Waals surface area contributed by atoms with Crippen molar-refractivity contribution in [1.29, 1.82) is 0 Å². The molecule has 2 rings (SSSR count). The van der Waals surface area contributed by atoms with Crippen LogP contribution < -0.4 is 11.1 Å². The predicted octanol–water partition coefficient (Wildman–Crippen LogP) is 1.13. The van der Waals surface area contributed by atoms with Crippen LogP contribution in [0.3, 0.4) is 0 Å². The summed E-state index contributed by atoms with van der Waals surface area (Å²) in [4.78, 5) is 26.3. The van der Waals surface area contributed by atoms with Crippen molar-refractivity contribution in [3.05, 3.63) is 0 Å². The third-order valence-electron chi connectivity index (χ3n) is 5.13. The summed E-state index contributed by atoms with van der Waals surface area (Å²) in [6.07, 6.45) is 7.04. The van der Waals surface area contributed by atoms with E-state index in [0.29, 0.717) is 11.8 Å². The first-order chi connectivity index (χ1) is 10.2. The van der Waals surface area contributed by atoms with Gasteiger partial charge in [-0.05, 0) is 44.6 Å². The van der Waals surface area contributed by atoms with Crippen LogP contribution in [0.25, 0.3) is 0 Å². The van der Waals surface area contributed by atoms with Crippen LogP contribution in [0.1, 0.15) is 44.9 Å². The Bertz CT molecular complexity index is 363. The van der Waals surface area contributed by atoms with E-state index in [1.54, 1.807) is 7.05 Å². The number of likely N-dealkylation sites (tertiary alicyclic amines) is 1. The molecule has 2 amide bonds. The molecule has 0 aromatic carbocycles. The summed E-state index contributed by atoms with van der Waals surface area (Å²) in [5, 5.41) is 2.71. The van der Waals surface area contributed by atoms with Gasteiger partial charge in [-0.1, -0.05) is 12.8 Å². The van der Waals surface area contributed by atoms with Gasteiger partial charge in [-0.2, -0.15) is 0 Å². The minimum Gasteiger partial charge on any atom is -0.359 e. The fourth-order valence-corrected chi connectivity index (χ4v) is 3.84. The second-order valence-corrected chi connectivity index (χ2v) is 6.52. The summed E-state index contributed by atoms with van der Waals surface area (Å²) >= 11 is 0. The maximum absolute atomic E-state index is 12.6. The third-order valence-corrected chi connectivity index (χ3v) is 5.13. The number of nitrogens with zero attached hydrogens (tertiary/aromatic N) is 1. The highest BCUT2D eigenvalue weighted by molar-refractivity contribution is 5.81. The van der Waals surface area contributed by atoms with Crippen LogP contribution in [0.15, 0.2) is 0 Å². The second-order valence-electron chi connectivity index (χ2n) is 6.52. The smallest absolute Gasteiger partial charge is 0.225 e. The first-order valence-corrected chi connectivity index (χ1v) is 8.36. The largest absolute Gasteiger partial charge is 0.359 e. The van der Waals surface area contributed by atoms with Crippen molar-refractivity contribution < 1.29 is 9.59 Å². The first kappa shape index (κ1) is 16.3. The highest BCUT2D eigenvalue weighted by Crippen LogP contribution is 2.32. The van der Waals surface area contributed by atoms with Crippen LogP contribution in [0.4, 0.5) is 0 Å². The van der Waals surface area contributed by atoms with Gasteiger partial charge in [-0.25, -0.2) is 0 Å². The normalized spacial score (nSPS) is 27.4. The molecule has 2 unspecified atom stereocenters. The molecule has 0 spiro atoms. The van der Waals surface area contributed by atoms with E-state index in [1.165, 1.54) is 6.42 Å². The first-order valence-electron chi connectivity index (χ1n) is 8.36. The van der Waals surface area contributed by atoms with Crippen LogP contribution in [0.5, 0.6) is 0 Å². The number of rotatable bonds is 4. The van der Waals surface area contributed by atoms with Gasteiger partial charge in [0.1, 0.15) is 0 Å². The predicted molar refractivity (Wildman–Crippen MR) is 82.5 cm³/mol. The lowest BCUT2D eigenvalue weighted by Gasteiger charge is -2.36. The van der Waals surface area contributed by atoms with Crippen molar-refractivity contribution in [1.82, 2.24) is 10.2 Å². The van der Waals surface area contributed by atoms with Crippen LogP contribution in [-0.2, 0) is 9.59 Å². The average Bonchev–Trinajstić information content (AvgIpc) is 2.54. The Kier molecular flexibility index (Phi) is 6.03. The van der Waals surface area contributed by atoms with E-state index in [0.717, 1.165) is 58.2 Å². The number of amides is 2. The molecule has 1 heterocycles. The monoisotopic (exact) mass is 295 g/mol. The molecule has 120 valence electrons. The molecule has 2 fully saturated rings. The molecular formula is C16H29N3O2. The highest BCUT2D eigenvalue weighted by atomic mass is 16.2. The fraction of sp³-hybridized carbons (Fsp3) is 0.875. The number of carbonyl (C=O) groups excluding carboxylic acids is 2. The molecular weight excluding hydrogens is 266 g/mol. The molecule has 2 atom stereocenters. The van der Waals surface area contributed by atoms with Gasteiger partial charge in [-0.15, -0.1) is 0 Å². The summed E-state index contributed by atoms with van der Waals surface area (Å²) in [5.74, 6) is 1.32. The summed E-state index contributed by atoms with van der Waals surface area (Å²) in [5.41, 5.74) is 5.65. The summed E-state index contributed by atoms with van der Waals surface area (Å²) in [6.45, 7) is 2.19. The van der Waals surface area contributed by atoms with E-state index in [1.807, 2.05) is 4.90 Å². The lowest BCUT2D eigenvalue weighted by atomic mass is 9.79. The van der Waals surface area contributed by atoms with Gasteiger partial charge >= 0.3 is 0 Å². The highest BCUT2D eigenvalue weighted by Gasteiger charge is 2.33. The standard InChI is InChI=1S/C16H29N3O2/c1-18-15(20)13-6-9-19(10-7-13)16(21)14-4-2-3-12(11-14)5-8-17/h12-14H,2-11,17H2,1H3,(H,18,20). The van der Waals surface area contributed by atoms with Crippen molar-refractivity contribution in [3.63, 3.8) is 0 Å². The van der Waals surface area contributed by atoms with Crippen molar-refractivity contribution >= 4 is 11.8 Å². The Morgan fingerprint density at radius 1 is 1.14 bits per heavy atom. The van der Waals surface area contributed by atoms with Crippen LogP contribution in [-0.4, -0.2) is 43.4 Å². The van der Waals surface area contributed by atoms with Gasteiger partial charge in [-0.3, -0.25) is 9.59 Å². The molecule has 5 heteroatoms. The summed E-state index contributed by atoms with van der Waals surface area (Å²) in [6, 6.07) is 0. The third kappa shape index (κ3) is 4.19. The molecule has 3 N–H and O–H groups in total. The molecule has 1 aliphatic carbocycles. The molecule has 2 aliphatic rings. The fourth-order valence-electron chi connectivity index (χ4n) is 3.84. The minimum atomic E-state index is 0.0791.